The lowest BCUT2D eigenvalue weighted by Gasteiger charge is -2.25. The standard InChI is InChI=1S/C24H36N4O6/c1-16(2)20(28-21(29)18-11-7-13-25-18)22(30)27-19(23(31)33-3)12-8-14-26-24(32)34-15-17-9-5-4-6-10-17/h4-6,9-10,16,18-20,25H,7-8,11-15H2,1-3H3,(H,26,32)(H,27,30)(H,28,29)/t18-,19-,20+/m0/s1. The third kappa shape index (κ3) is 9.01. The molecule has 1 aromatic rings. The van der Waals surface area contributed by atoms with Crippen LogP contribution in [0.25, 0.3) is 0 Å². The van der Waals surface area contributed by atoms with Crippen molar-refractivity contribution in [2.45, 2.75) is 64.3 Å². The zero-order chi connectivity index (χ0) is 24.9. The van der Waals surface area contributed by atoms with Crippen LogP contribution in [-0.2, 0) is 30.5 Å². The molecule has 1 heterocycles. The molecule has 0 aliphatic carbocycles. The molecule has 0 aromatic heterocycles. The first-order chi connectivity index (χ1) is 16.3. The molecule has 1 aliphatic heterocycles. The fourth-order valence-corrected chi connectivity index (χ4v) is 3.62. The first kappa shape index (κ1) is 27.1. The van der Waals surface area contributed by atoms with Gasteiger partial charge in [0.2, 0.25) is 11.8 Å². The summed E-state index contributed by atoms with van der Waals surface area (Å²) in [5, 5.41) is 11.2. The molecular weight excluding hydrogens is 440 g/mol. The fraction of sp³-hybridized carbons (Fsp3) is 0.583. The molecule has 1 aliphatic rings. The predicted octanol–water partition coefficient (Wildman–Crippen LogP) is 1.24. The van der Waals surface area contributed by atoms with E-state index in [1.165, 1.54) is 7.11 Å². The van der Waals surface area contributed by atoms with Gasteiger partial charge in [-0.2, -0.15) is 0 Å². The van der Waals surface area contributed by atoms with Crippen LogP contribution in [0.3, 0.4) is 0 Å². The number of ether oxygens (including phenoxy) is 2. The van der Waals surface area contributed by atoms with Crippen molar-refractivity contribution < 1.29 is 28.7 Å². The van der Waals surface area contributed by atoms with E-state index in [4.69, 9.17) is 9.47 Å². The van der Waals surface area contributed by atoms with Crippen molar-refractivity contribution >= 4 is 23.9 Å². The van der Waals surface area contributed by atoms with E-state index in [2.05, 4.69) is 21.3 Å². The Labute approximate surface area is 200 Å². The maximum atomic E-state index is 12.9. The van der Waals surface area contributed by atoms with Gasteiger partial charge in [-0.1, -0.05) is 44.2 Å². The lowest BCUT2D eigenvalue weighted by Crippen LogP contribution is -2.56. The van der Waals surface area contributed by atoms with E-state index < -0.39 is 30.1 Å². The summed E-state index contributed by atoms with van der Waals surface area (Å²) in [6.45, 7) is 4.84. The maximum absolute atomic E-state index is 12.9. The van der Waals surface area contributed by atoms with Crippen LogP contribution in [0.4, 0.5) is 4.79 Å². The second-order valence-corrected chi connectivity index (χ2v) is 8.59. The monoisotopic (exact) mass is 476 g/mol. The molecule has 34 heavy (non-hydrogen) atoms. The number of amides is 3. The maximum Gasteiger partial charge on any atom is 0.407 e. The van der Waals surface area contributed by atoms with Crippen LogP contribution in [0.5, 0.6) is 0 Å². The molecular formula is C24H36N4O6. The summed E-state index contributed by atoms with van der Waals surface area (Å²) in [6.07, 6.45) is 1.73. The summed E-state index contributed by atoms with van der Waals surface area (Å²) < 4.78 is 9.97. The van der Waals surface area contributed by atoms with Crippen LogP contribution in [0.15, 0.2) is 30.3 Å². The zero-order valence-corrected chi connectivity index (χ0v) is 20.1. The van der Waals surface area contributed by atoms with Crippen LogP contribution < -0.4 is 21.3 Å². The number of alkyl carbamates (subject to hydrolysis) is 1. The number of methoxy groups -OCH3 is 1. The van der Waals surface area contributed by atoms with Gasteiger partial charge in [-0.25, -0.2) is 9.59 Å². The van der Waals surface area contributed by atoms with Gasteiger partial charge in [0.25, 0.3) is 0 Å². The molecule has 3 atom stereocenters. The van der Waals surface area contributed by atoms with Gasteiger partial charge in [0.05, 0.1) is 13.2 Å². The van der Waals surface area contributed by atoms with Gasteiger partial charge in [0.1, 0.15) is 18.7 Å². The third-order valence-corrected chi connectivity index (χ3v) is 5.58. The van der Waals surface area contributed by atoms with Crippen LogP contribution in [0.1, 0.15) is 45.1 Å². The smallest absolute Gasteiger partial charge is 0.407 e. The molecule has 10 heteroatoms. The van der Waals surface area contributed by atoms with Crippen LogP contribution in [0, 0.1) is 5.92 Å². The van der Waals surface area contributed by atoms with E-state index in [0.717, 1.165) is 24.9 Å². The predicted molar refractivity (Wildman–Crippen MR) is 126 cm³/mol. The Morgan fingerprint density at radius 2 is 1.85 bits per heavy atom. The topological polar surface area (TPSA) is 135 Å². The number of carbonyl (C=O) groups excluding carboxylic acids is 4. The Morgan fingerprint density at radius 1 is 1.12 bits per heavy atom. The van der Waals surface area contributed by atoms with E-state index >= 15 is 0 Å². The first-order valence-corrected chi connectivity index (χ1v) is 11.7. The van der Waals surface area contributed by atoms with Crippen LogP contribution in [0.2, 0.25) is 0 Å². The van der Waals surface area contributed by atoms with Crippen molar-refractivity contribution in [2.75, 3.05) is 20.2 Å². The molecule has 0 bridgehead atoms. The quantitative estimate of drug-likeness (QED) is 0.263. The number of esters is 1. The fourth-order valence-electron chi connectivity index (χ4n) is 3.62. The van der Waals surface area contributed by atoms with Crippen molar-refractivity contribution in [2.24, 2.45) is 5.92 Å². The molecule has 1 fully saturated rings. The second-order valence-electron chi connectivity index (χ2n) is 8.59. The third-order valence-electron chi connectivity index (χ3n) is 5.58. The highest BCUT2D eigenvalue weighted by Gasteiger charge is 2.31. The average molecular weight is 477 g/mol. The summed E-state index contributed by atoms with van der Waals surface area (Å²) in [7, 11) is 1.24. The number of benzene rings is 1. The van der Waals surface area contributed by atoms with Crippen LogP contribution >= 0.6 is 0 Å². The summed E-state index contributed by atoms with van der Waals surface area (Å²) in [5.41, 5.74) is 0.877. The zero-order valence-electron chi connectivity index (χ0n) is 20.1. The summed E-state index contributed by atoms with van der Waals surface area (Å²) in [6, 6.07) is 7.32. The van der Waals surface area contributed by atoms with E-state index in [-0.39, 0.29) is 37.4 Å². The van der Waals surface area contributed by atoms with E-state index in [1.807, 2.05) is 44.2 Å². The molecule has 0 saturated carbocycles. The number of hydrogen-bond donors (Lipinski definition) is 4. The van der Waals surface area contributed by atoms with Crippen molar-refractivity contribution in [3.63, 3.8) is 0 Å². The Kier molecular flexibility index (Phi) is 11.3. The average Bonchev–Trinajstić information content (AvgIpc) is 3.38. The van der Waals surface area contributed by atoms with Gasteiger partial charge in [-0.05, 0) is 43.7 Å². The second kappa shape index (κ2) is 14.2. The van der Waals surface area contributed by atoms with Crippen molar-refractivity contribution in [3.05, 3.63) is 35.9 Å². The molecule has 0 unspecified atom stereocenters. The molecule has 1 saturated heterocycles. The summed E-state index contributed by atoms with van der Waals surface area (Å²) in [4.78, 5) is 49.4. The highest BCUT2D eigenvalue weighted by atomic mass is 16.5. The van der Waals surface area contributed by atoms with Crippen molar-refractivity contribution in [1.82, 2.24) is 21.3 Å². The Hall–Kier alpha value is -3.14. The van der Waals surface area contributed by atoms with Gasteiger partial charge in [-0.15, -0.1) is 0 Å². The van der Waals surface area contributed by atoms with Gasteiger partial charge < -0.3 is 30.7 Å². The SMILES string of the molecule is COC(=O)[C@H](CCCNC(=O)OCc1ccccc1)NC(=O)[C@H](NC(=O)[C@@H]1CCCN1)C(C)C. The first-order valence-electron chi connectivity index (χ1n) is 11.7. The largest absolute Gasteiger partial charge is 0.467 e. The summed E-state index contributed by atoms with van der Waals surface area (Å²) in [5.74, 6) is -1.44. The minimum Gasteiger partial charge on any atom is -0.467 e. The van der Waals surface area contributed by atoms with Gasteiger partial charge in [0.15, 0.2) is 0 Å². The Balaban J connectivity index is 1.80. The van der Waals surface area contributed by atoms with E-state index in [9.17, 15) is 19.2 Å². The number of carbonyl (C=O) groups is 4. The lowest BCUT2D eigenvalue weighted by atomic mass is 10.0. The van der Waals surface area contributed by atoms with Gasteiger partial charge in [0, 0.05) is 6.54 Å². The normalized spacial score (nSPS) is 16.9. The molecule has 0 spiro atoms. The van der Waals surface area contributed by atoms with E-state index in [1.54, 1.807) is 0 Å². The highest BCUT2D eigenvalue weighted by molar-refractivity contribution is 5.92. The van der Waals surface area contributed by atoms with Crippen LogP contribution in [-0.4, -0.2) is 62.2 Å². The van der Waals surface area contributed by atoms with Crippen molar-refractivity contribution in [1.29, 1.82) is 0 Å². The van der Waals surface area contributed by atoms with E-state index in [0.29, 0.717) is 6.42 Å². The minimum absolute atomic E-state index is 0.159. The molecule has 4 N–H and O–H groups in total. The van der Waals surface area contributed by atoms with Crippen molar-refractivity contribution in [3.8, 4) is 0 Å². The molecule has 1 aromatic carbocycles. The molecule has 10 nitrogen and oxygen atoms in total. The van der Waals surface area contributed by atoms with Gasteiger partial charge in [-0.3, -0.25) is 9.59 Å². The van der Waals surface area contributed by atoms with Gasteiger partial charge >= 0.3 is 12.1 Å². The number of rotatable bonds is 12. The Morgan fingerprint density at radius 3 is 2.47 bits per heavy atom. The minimum atomic E-state index is -0.901. The number of hydrogen-bond acceptors (Lipinski definition) is 7. The molecule has 3 amide bonds. The molecule has 0 radical (unpaired) electrons. The summed E-state index contributed by atoms with van der Waals surface area (Å²) >= 11 is 0. The molecule has 188 valence electrons. The highest BCUT2D eigenvalue weighted by Crippen LogP contribution is 2.09. The molecule has 2 rings (SSSR count). The lowest BCUT2D eigenvalue weighted by molar-refractivity contribution is -0.145. The number of nitrogens with one attached hydrogen (secondary N) is 4. The Bertz CT molecular complexity index is 811.